The minimum atomic E-state index is -3.23. The lowest BCUT2D eigenvalue weighted by molar-refractivity contribution is 0.0981. The van der Waals surface area contributed by atoms with Crippen molar-refractivity contribution in [2.75, 3.05) is 19.8 Å². The summed E-state index contributed by atoms with van der Waals surface area (Å²) in [5, 5.41) is -0.305. The molecule has 1 saturated heterocycles. The summed E-state index contributed by atoms with van der Waals surface area (Å²) >= 11 is 0. The normalized spacial score (nSPS) is 18.9. The molecule has 20 heavy (non-hydrogen) atoms. The topological polar surface area (TPSA) is 55.4 Å². The maximum atomic E-state index is 12.2. The highest BCUT2D eigenvalue weighted by Gasteiger charge is 2.27. The number of aryl methyl sites for hydroxylation is 1. The third-order valence-corrected chi connectivity index (χ3v) is 5.73. The van der Waals surface area contributed by atoms with Gasteiger partial charge in [-0.2, -0.15) is 0 Å². The van der Waals surface area contributed by atoms with Crippen molar-refractivity contribution in [1.29, 1.82) is 0 Å². The molecule has 5 heteroatoms. The minimum absolute atomic E-state index is 0.171. The van der Waals surface area contributed by atoms with Crippen LogP contribution in [-0.2, 0) is 14.8 Å². The third-order valence-electron chi connectivity index (χ3n) is 3.81. The molecular weight excluding hydrogens is 274 g/mol. The highest BCUT2D eigenvalue weighted by Crippen LogP contribution is 2.18. The SMILES string of the molecule is Cc1cccc([C@H](C)CNS(=O)(=O)C2CCOCC2)c1. The number of hydrogen-bond acceptors (Lipinski definition) is 3. The van der Waals surface area contributed by atoms with Gasteiger partial charge in [0.05, 0.1) is 5.25 Å². The molecule has 1 atom stereocenters. The maximum absolute atomic E-state index is 12.2. The molecule has 4 nitrogen and oxygen atoms in total. The minimum Gasteiger partial charge on any atom is -0.381 e. The third kappa shape index (κ3) is 4.04. The van der Waals surface area contributed by atoms with E-state index in [0.29, 0.717) is 32.6 Å². The first-order valence-corrected chi connectivity index (χ1v) is 8.66. The van der Waals surface area contributed by atoms with Crippen LogP contribution in [0.2, 0.25) is 0 Å². The monoisotopic (exact) mass is 297 g/mol. The Balaban J connectivity index is 1.93. The van der Waals surface area contributed by atoms with Crippen molar-refractivity contribution in [2.45, 2.75) is 37.9 Å². The molecule has 0 aliphatic carbocycles. The van der Waals surface area contributed by atoms with Crippen LogP contribution in [0.5, 0.6) is 0 Å². The van der Waals surface area contributed by atoms with Crippen LogP contribution in [0.15, 0.2) is 24.3 Å². The first kappa shape index (κ1) is 15.5. The van der Waals surface area contributed by atoms with Crippen LogP contribution in [0.1, 0.15) is 36.8 Å². The van der Waals surface area contributed by atoms with Crippen LogP contribution in [-0.4, -0.2) is 33.4 Å². The fraction of sp³-hybridized carbons (Fsp3) is 0.600. The van der Waals surface area contributed by atoms with Crippen LogP contribution >= 0.6 is 0 Å². The fourth-order valence-corrected chi connectivity index (χ4v) is 3.97. The molecule has 0 amide bonds. The van der Waals surface area contributed by atoms with Crippen molar-refractivity contribution >= 4 is 10.0 Å². The lowest BCUT2D eigenvalue weighted by Gasteiger charge is -2.23. The Bertz CT molecular complexity index is 536. The molecule has 0 bridgehead atoms. The van der Waals surface area contributed by atoms with Crippen LogP contribution in [0.4, 0.5) is 0 Å². The summed E-state index contributed by atoms with van der Waals surface area (Å²) < 4.78 is 32.4. The number of hydrogen-bond donors (Lipinski definition) is 1. The molecule has 112 valence electrons. The zero-order valence-electron chi connectivity index (χ0n) is 12.1. The molecule has 1 aliphatic rings. The van der Waals surface area contributed by atoms with Crippen molar-refractivity contribution in [2.24, 2.45) is 0 Å². The Labute approximate surface area is 121 Å². The van der Waals surface area contributed by atoms with Crippen molar-refractivity contribution in [1.82, 2.24) is 4.72 Å². The van der Waals surface area contributed by atoms with Crippen LogP contribution in [0.3, 0.4) is 0 Å². The second kappa shape index (κ2) is 6.70. The van der Waals surface area contributed by atoms with Gasteiger partial charge in [-0.3, -0.25) is 0 Å². The van der Waals surface area contributed by atoms with E-state index in [1.54, 1.807) is 0 Å². The fourth-order valence-electron chi connectivity index (χ4n) is 2.44. The van der Waals surface area contributed by atoms with Gasteiger partial charge >= 0.3 is 0 Å². The van der Waals surface area contributed by atoms with Crippen molar-refractivity contribution in [3.05, 3.63) is 35.4 Å². The summed E-state index contributed by atoms with van der Waals surface area (Å²) in [6.07, 6.45) is 1.18. The number of rotatable bonds is 5. The van der Waals surface area contributed by atoms with E-state index >= 15 is 0 Å². The van der Waals surface area contributed by atoms with E-state index < -0.39 is 10.0 Å². The van der Waals surface area contributed by atoms with E-state index in [1.165, 1.54) is 11.1 Å². The molecule has 0 radical (unpaired) electrons. The van der Waals surface area contributed by atoms with E-state index in [4.69, 9.17) is 4.74 Å². The molecule has 1 aromatic carbocycles. The summed E-state index contributed by atoms with van der Waals surface area (Å²) in [7, 11) is -3.23. The molecule has 1 heterocycles. The van der Waals surface area contributed by atoms with Gasteiger partial charge in [0.1, 0.15) is 0 Å². The van der Waals surface area contributed by atoms with Crippen LogP contribution in [0, 0.1) is 6.92 Å². The summed E-state index contributed by atoms with van der Waals surface area (Å²) in [6.45, 7) is 5.62. The Morgan fingerprint density at radius 1 is 1.35 bits per heavy atom. The summed E-state index contributed by atoms with van der Waals surface area (Å²) in [5.74, 6) is 0.171. The molecule has 0 spiro atoms. The Kier molecular flexibility index (Phi) is 5.18. The van der Waals surface area contributed by atoms with Gasteiger partial charge in [-0.1, -0.05) is 36.8 Å². The molecule has 0 unspecified atom stereocenters. The summed E-state index contributed by atoms with van der Waals surface area (Å²) in [6, 6.07) is 8.20. The maximum Gasteiger partial charge on any atom is 0.214 e. The molecule has 1 aromatic rings. The Hall–Kier alpha value is -0.910. The first-order valence-electron chi connectivity index (χ1n) is 7.12. The number of benzene rings is 1. The first-order chi connectivity index (χ1) is 9.49. The molecule has 0 saturated carbocycles. The largest absolute Gasteiger partial charge is 0.381 e. The van der Waals surface area contributed by atoms with Gasteiger partial charge in [-0.05, 0) is 31.2 Å². The highest BCUT2D eigenvalue weighted by atomic mass is 32.2. The van der Waals surface area contributed by atoms with Crippen molar-refractivity contribution < 1.29 is 13.2 Å². The molecule has 1 aliphatic heterocycles. The van der Waals surface area contributed by atoms with Crippen molar-refractivity contribution in [3.8, 4) is 0 Å². The standard InChI is InChI=1S/C15H23NO3S/c1-12-4-3-5-14(10-12)13(2)11-16-20(17,18)15-6-8-19-9-7-15/h3-5,10,13,15-16H,6-9,11H2,1-2H3/t13-/m1/s1. The van der Waals surface area contributed by atoms with Crippen LogP contribution in [0.25, 0.3) is 0 Å². The molecule has 1 fully saturated rings. The average molecular weight is 297 g/mol. The lowest BCUT2D eigenvalue weighted by atomic mass is 10.00. The number of nitrogens with one attached hydrogen (secondary N) is 1. The van der Waals surface area contributed by atoms with E-state index in [1.807, 2.05) is 32.0 Å². The number of sulfonamides is 1. The van der Waals surface area contributed by atoms with E-state index in [9.17, 15) is 8.42 Å². The predicted octanol–water partition coefficient (Wildman–Crippen LogP) is 2.20. The van der Waals surface area contributed by atoms with Gasteiger partial charge in [0.2, 0.25) is 10.0 Å². The van der Waals surface area contributed by atoms with Gasteiger partial charge in [0, 0.05) is 19.8 Å². The zero-order valence-corrected chi connectivity index (χ0v) is 12.9. The van der Waals surface area contributed by atoms with Gasteiger partial charge in [-0.25, -0.2) is 13.1 Å². The quantitative estimate of drug-likeness (QED) is 0.906. The smallest absolute Gasteiger partial charge is 0.214 e. The Morgan fingerprint density at radius 2 is 2.05 bits per heavy atom. The lowest BCUT2D eigenvalue weighted by Crippen LogP contribution is -2.39. The molecule has 0 aromatic heterocycles. The summed E-state index contributed by atoms with van der Waals surface area (Å²) in [5.41, 5.74) is 2.36. The van der Waals surface area contributed by atoms with E-state index in [-0.39, 0.29) is 11.2 Å². The molecular formula is C15H23NO3S. The van der Waals surface area contributed by atoms with Gasteiger partial charge in [0.25, 0.3) is 0 Å². The molecule has 1 N–H and O–H groups in total. The second-order valence-corrected chi connectivity index (χ2v) is 7.57. The van der Waals surface area contributed by atoms with E-state index in [2.05, 4.69) is 10.8 Å². The highest BCUT2D eigenvalue weighted by molar-refractivity contribution is 7.90. The average Bonchev–Trinajstić information content (AvgIpc) is 2.46. The van der Waals surface area contributed by atoms with Gasteiger partial charge in [0.15, 0.2) is 0 Å². The molecule has 2 rings (SSSR count). The van der Waals surface area contributed by atoms with Gasteiger partial charge < -0.3 is 4.74 Å². The Morgan fingerprint density at radius 3 is 2.70 bits per heavy atom. The van der Waals surface area contributed by atoms with Crippen LogP contribution < -0.4 is 4.72 Å². The number of ether oxygens (including phenoxy) is 1. The summed E-state index contributed by atoms with van der Waals surface area (Å²) in [4.78, 5) is 0. The van der Waals surface area contributed by atoms with E-state index in [0.717, 1.165) is 0 Å². The van der Waals surface area contributed by atoms with Gasteiger partial charge in [-0.15, -0.1) is 0 Å². The predicted molar refractivity (Wildman–Crippen MR) is 80.4 cm³/mol. The second-order valence-electron chi connectivity index (χ2n) is 5.52. The zero-order chi connectivity index (χ0) is 14.6. The van der Waals surface area contributed by atoms with Crippen molar-refractivity contribution in [3.63, 3.8) is 0 Å².